The van der Waals surface area contributed by atoms with Crippen molar-refractivity contribution in [3.05, 3.63) is 0 Å². The highest BCUT2D eigenvalue weighted by Crippen LogP contribution is 2.02. The van der Waals surface area contributed by atoms with Gasteiger partial charge in [0.15, 0.2) is 0 Å². The topological polar surface area (TPSA) is 38.3 Å². The maximum atomic E-state index is 10.7. The number of carbonyl (C=O) groups excluding carboxylic acids is 1. The molecule has 60 valence electrons. The molecule has 0 spiro atoms. The lowest BCUT2D eigenvalue weighted by molar-refractivity contribution is -0.147. The van der Waals surface area contributed by atoms with Crippen LogP contribution in [0, 0.1) is 0 Å². The fourth-order valence-electron chi connectivity index (χ4n) is 0.733. The van der Waals surface area contributed by atoms with E-state index in [2.05, 4.69) is 5.32 Å². The van der Waals surface area contributed by atoms with Gasteiger partial charge >= 0.3 is 5.97 Å². The predicted molar refractivity (Wildman–Crippen MR) is 40.3 cm³/mol. The van der Waals surface area contributed by atoms with Crippen LogP contribution >= 0.6 is 12.4 Å². The molecule has 0 aromatic rings. The highest BCUT2D eigenvalue weighted by molar-refractivity contribution is 5.85. The zero-order valence-corrected chi connectivity index (χ0v) is 6.74. The van der Waals surface area contributed by atoms with E-state index in [-0.39, 0.29) is 24.4 Å². The van der Waals surface area contributed by atoms with E-state index in [0.717, 1.165) is 13.0 Å². The van der Waals surface area contributed by atoms with Crippen LogP contribution in [0.2, 0.25) is 0 Å². The van der Waals surface area contributed by atoms with Gasteiger partial charge in [0, 0.05) is 0 Å². The predicted octanol–water partition coefficient (Wildman–Crippen LogP) is 0.333. The minimum atomic E-state index is -0.108. The van der Waals surface area contributed by atoms with Crippen molar-refractivity contribution in [3.8, 4) is 0 Å². The summed E-state index contributed by atoms with van der Waals surface area (Å²) in [4.78, 5) is 10.7. The molecule has 1 aliphatic heterocycles. The molecular weight excluding hydrogens is 154 g/mol. The van der Waals surface area contributed by atoms with E-state index in [1.54, 1.807) is 0 Å². The summed E-state index contributed by atoms with van der Waals surface area (Å²) in [5.41, 5.74) is 0. The maximum absolute atomic E-state index is 10.7. The number of hydrogen-bond acceptors (Lipinski definition) is 3. The molecule has 0 aromatic carbocycles. The summed E-state index contributed by atoms with van der Waals surface area (Å²) in [6, 6.07) is -0.00931. The number of carbonyl (C=O) groups is 1. The Labute approximate surface area is 66.5 Å². The fourth-order valence-corrected chi connectivity index (χ4v) is 0.733. The molecule has 10 heavy (non-hydrogen) atoms. The summed E-state index contributed by atoms with van der Waals surface area (Å²) >= 11 is 0. The molecule has 0 bridgehead atoms. The van der Waals surface area contributed by atoms with Gasteiger partial charge in [-0.05, 0) is 19.9 Å². The van der Waals surface area contributed by atoms with Crippen molar-refractivity contribution in [1.29, 1.82) is 0 Å². The van der Waals surface area contributed by atoms with Crippen molar-refractivity contribution in [1.82, 2.24) is 5.32 Å². The summed E-state index contributed by atoms with van der Waals surface area (Å²) < 4.78 is 4.74. The Hall–Kier alpha value is -0.280. The summed E-state index contributed by atoms with van der Waals surface area (Å²) in [7, 11) is 0. The highest BCUT2D eigenvalue weighted by Gasteiger charge is 2.25. The number of hydrogen-bond donors (Lipinski definition) is 1. The van der Waals surface area contributed by atoms with Crippen LogP contribution < -0.4 is 5.32 Å². The quantitative estimate of drug-likeness (QED) is 0.600. The molecule has 4 heteroatoms. The van der Waals surface area contributed by atoms with E-state index in [9.17, 15) is 4.79 Å². The highest BCUT2D eigenvalue weighted by atomic mass is 35.5. The molecule has 1 aliphatic rings. The zero-order chi connectivity index (χ0) is 6.69. The monoisotopic (exact) mass is 165 g/mol. The van der Waals surface area contributed by atoms with Crippen LogP contribution in [0.25, 0.3) is 0 Å². The lowest BCUT2D eigenvalue weighted by Crippen LogP contribution is -2.49. The Kier molecular flexibility index (Phi) is 4.40. The van der Waals surface area contributed by atoms with Crippen molar-refractivity contribution in [3.63, 3.8) is 0 Å². The molecule has 1 rings (SSSR count). The third-order valence-electron chi connectivity index (χ3n) is 1.39. The third kappa shape index (κ3) is 2.15. The lowest BCUT2D eigenvalue weighted by Gasteiger charge is -2.24. The Morgan fingerprint density at radius 2 is 2.40 bits per heavy atom. The SMILES string of the molecule is CCOC(=O)[C@@H]1CCN1.Cl. The Bertz CT molecular complexity index is 114. The van der Waals surface area contributed by atoms with Crippen LogP contribution in [0.4, 0.5) is 0 Å². The smallest absolute Gasteiger partial charge is 0.323 e. The van der Waals surface area contributed by atoms with Gasteiger partial charge in [-0.15, -0.1) is 12.4 Å². The van der Waals surface area contributed by atoms with Crippen LogP contribution in [0.3, 0.4) is 0 Å². The number of rotatable bonds is 2. The Morgan fingerprint density at radius 1 is 1.80 bits per heavy atom. The van der Waals surface area contributed by atoms with E-state index in [4.69, 9.17) is 4.74 Å². The Balaban J connectivity index is 0.000000810. The molecule has 1 heterocycles. The van der Waals surface area contributed by atoms with Crippen LogP contribution in [-0.4, -0.2) is 25.2 Å². The fraction of sp³-hybridized carbons (Fsp3) is 0.833. The molecule has 3 nitrogen and oxygen atoms in total. The van der Waals surface area contributed by atoms with Crippen LogP contribution in [0.15, 0.2) is 0 Å². The van der Waals surface area contributed by atoms with Crippen LogP contribution in [0.5, 0.6) is 0 Å². The van der Waals surface area contributed by atoms with Gasteiger partial charge in [-0.3, -0.25) is 4.79 Å². The molecule has 1 saturated heterocycles. The van der Waals surface area contributed by atoms with Gasteiger partial charge in [0.1, 0.15) is 6.04 Å². The third-order valence-corrected chi connectivity index (χ3v) is 1.39. The largest absolute Gasteiger partial charge is 0.465 e. The number of nitrogens with one attached hydrogen (secondary N) is 1. The average molecular weight is 166 g/mol. The molecule has 0 unspecified atom stereocenters. The van der Waals surface area contributed by atoms with Crippen molar-refractivity contribution >= 4 is 18.4 Å². The van der Waals surface area contributed by atoms with Crippen LogP contribution in [0.1, 0.15) is 13.3 Å². The van der Waals surface area contributed by atoms with Gasteiger partial charge in [0.05, 0.1) is 6.61 Å². The van der Waals surface area contributed by atoms with Crippen molar-refractivity contribution in [2.24, 2.45) is 0 Å². The first-order valence-electron chi connectivity index (χ1n) is 3.24. The Morgan fingerprint density at radius 3 is 2.70 bits per heavy atom. The van der Waals surface area contributed by atoms with E-state index >= 15 is 0 Å². The molecular formula is C6H12ClNO2. The van der Waals surface area contributed by atoms with Gasteiger partial charge in [0.2, 0.25) is 0 Å². The number of halogens is 1. The molecule has 0 aromatic heterocycles. The summed E-state index contributed by atoms with van der Waals surface area (Å²) in [6.07, 6.45) is 0.929. The summed E-state index contributed by atoms with van der Waals surface area (Å²) in [6.45, 7) is 3.25. The molecule has 0 aliphatic carbocycles. The second-order valence-corrected chi connectivity index (χ2v) is 2.05. The van der Waals surface area contributed by atoms with E-state index in [0.29, 0.717) is 6.61 Å². The average Bonchev–Trinajstić information content (AvgIpc) is 1.60. The number of ether oxygens (including phenoxy) is 1. The summed E-state index contributed by atoms with van der Waals surface area (Å²) in [5, 5.41) is 2.96. The zero-order valence-electron chi connectivity index (χ0n) is 5.92. The molecule has 1 atom stereocenters. The minimum Gasteiger partial charge on any atom is -0.465 e. The van der Waals surface area contributed by atoms with Crippen LogP contribution in [-0.2, 0) is 9.53 Å². The first-order chi connectivity index (χ1) is 4.34. The molecule has 1 N–H and O–H groups in total. The minimum absolute atomic E-state index is 0. The van der Waals surface area contributed by atoms with E-state index < -0.39 is 0 Å². The summed E-state index contributed by atoms with van der Waals surface area (Å²) in [5.74, 6) is -0.108. The van der Waals surface area contributed by atoms with Crippen molar-refractivity contribution in [2.75, 3.05) is 13.2 Å². The maximum Gasteiger partial charge on any atom is 0.323 e. The van der Waals surface area contributed by atoms with Gasteiger partial charge < -0.3 is 10.1 Å². The van der Waals surface area contributed by atoms with E-state index in [1.165, 1.54) is 0 Å². The lowest BCUT2D eigenvalue weighted by atomic mass is 10.1. The van der Waals surface area contributed by atoms with Gasteiger partial charge in [-0.1, -0.05) is 0 Å². The first-order valence-corrected chi connectivity index (χ1v) is 3.24. The van der Waals surface area contributed by atoms with E-state index in [1.807, 2.05) is 6.92 Å². The van der Waals surface area contributed by atoms with Gasteiger partial charge in [-0.2, -0.15) is 0 Å². The second-order valence-electron chi connectivity index (χ2n) is 2.05. The van der Waals surface area contributed by atoms with Gasteiger partial charge in [0.25, 0.3) is 0 Å². The van der Waals surface area contributed by atoms with Gasteiger partial charge in [-0.25, -0.2) is 0 Å². The standard InChI is InChI=1S/C6H11NO2.ClH/c1-2-9-6(8)5-3-4-7-5;/h5,7H,2-4H2,1H3;1H/t5-;/m0./s1. The molecule has 0 amide bonds. The second kappa shape index (κ2) is 4.52. The van der Waals surface area contributed by atoms with Crippen molar-refractivity contribution < 1.29 is 9.53 Å². The molecule has 0 radical (unpaired) electrons. The van der Waals surface area contributed by atoms with Crippen molar-refractivity contribution in [2.45, 2.75) is 19.4 Å². The number of esters is 1. The first kappa shape index (κ1) is 9.72. The normalized spacial score (nSPS) is 22.3. The molecule has 0 saturated carbocycles. The molecule has 1 fully saturated rings.